The van der Waals surface area contributed by atoms with Gasteiger partial charge < -0.3 is 4.90 Å². The molecule has 0 radical (unpaired) electrons. The van der Waals surface area contributed by atoms with Crippen LogP contribution in [0.15, 0.2) is 0 Å². The highest BCUT2D eigenvalue weighted by Crippen LogP contribution is 2.19. The molecule has 5 nitrogen and oxygen atoms in total. The molecule has 3 amide bonds. The summed E-state index contributed by atoms with van der Waals surface area (Å²) >= 11 is 0. The molecular formula is C12H21N3O2. The van der Waals surface area contributed by atoms with Crippen molar-refractivity contribution in [3.63, 3.8) is 0 Å². The van der Waals surface area contributed by atoms with E-state index in [4.69, 9.17) is 0 Å². The lowest BCUT2D eigenvalue weighted by atomic mass is 10.0. The van der Waals surface area contributed by atoms with Crippen LogP contribution < -0.4 is 5.32 Å². The second-order valence-corrected chi connectivity index (χ2v) is 5.17. The van der Waals surface area contributed by atoms with Crippen LogP contribution in [0.2, 0.25) is 0 Å². The first-order chi connectivity index (χ1) is 8.08. The minimum Gasteiger partial charge on any atom is -0.314 e. The average Bonchev–Trinajstić information content (AvgIpc) is 2.58. The number of imide groups is 1. The zero-order valence-electron chi connectivity index (χ0n) is 10.6. The van der Waals surface area contributed by atoms with Crippen molar-refractivity contribution >= 4 is 11.9 Å². The third kappa shape index (κ3) is 2.77. The van der Waals surface area contributed by atoms with Gasteiger partial charge in [-0.25, -0.2) is 4.79 Å². The molecule has 2 atom stereocenters. The summed E-state index contributed by atoms with van der Waals surface area (Å²) < 4.78 is 0. The number of amides is 3. The Morgan fingerprint density at radius 2 is 2.18 bits per heavy atom. The van der Waals surface area contributed by atoms with E-state index in [2.05, 4.69) is 24.1 Å². The van der Waals surface area contributed by atoms with E-state index in [1.165, 1.54) is 19.3 Å². The van der Waals surface area contributed by atoms with Crippen LogP contribution in [-0.2, 0) is 4.79 Å². The Kier molecular flexibility index (Phi) is 3.66. The van der Waals surface area contributed by atoms with Crippen LogP contribution in [0.1, 0.15) is 33.1 Å². The number of nitrogens with zero attached hydrogens (tertiary/aromatic N) is 2. The third-order valence-electron chi connectivity index (χ3n) is 3.77. The van der Waals surface area contributed by atoms with E-state index in [1.807, 2.05) is 0 Å². The van der Waals surface area contributed by atoms with E-state index in [9.17, 15) is 9.59 Å². The fourth-order valence-electron chi connectivity index (χ4n) is 2.83. The van der Waals surface area contributed by atoms with Crippen LogP contribution in [-0.4, -0.2) is 53.5 Å². The molecule has 0 aliphatic carbocycles. The zero-order chi connectivity index (χ0) is 12.4. The molecule has 2 saturated heterocycles. The van der Waals surface area contributed by atoms with E-state index in [1.54, 1.807) is 4.90 Å². The minimum atomic E-state index is -0.244. The van der Waals surface area contributed by atoms with Gasteiger partial charge in [-0.1, -0.05) is 6.42 Å². The summed E-state index contributed by atoms with van der Waals surface area (Å²) in [5.41, 5.74) is 0. The highest BCUT2D eigenvalue weighted by atomic mass is 16.2. The summed E-state index contributed by atoms with van der Waals surface area (Å²) in [5, 5.41) is 2.32. The van der Waals surface area contributed by atoms with Gasteiger partial charge in [0.15, 0.2) is 0 Å². The van der Waals surface area contributed by atoms with Gasteiger partial charge >= 0.3 is 6.03 Å². The molecule has 0 spiro atoms. The Morgan fingerprint density at radius 3 is 2.76 bits per heavy atom. The van der Waals surface area contributed by atoms with Crippen LogP contribution in [0.4, 0.5) is 4.79 Å². The molecule has 0 bridgehead atoms. The lowest BCUT2D eigenvalue weighted by Gasteiger charge is -2.39. The number of urea groups is 1. The first-order valence-corrected chi connectivity index (χ1v) is 6.42. The summed E-state index contributed by atoms with van der Waals surface area (Å²) in [5.74, 6) is -0.186. The Morgan fingerprint density at radius 1 is 1.41 bits per heavy atom. The van der Waals surface area contributed by atoms with Crippen molar-refractivity contribution in [2.75, 3.05) is 19.6 Å². The molecule has 5 heteroatoms. The predicted octanol–water partition coefficient (Wildman–Crippen LogP) is 0.801. The summed E-state index contributed by atoms with van der Waals surface area (Å²) in [6.45, 7) is 6.34. The van der Waals surface area contributed by atoms with Crippen molar-refractivity contribution in [2.45, 2.75) is 45.2 Å². The lowest BCUT2D eigenvalue weighted by Crippen LogP contribution is -2.49. The maximum atomic E-state index is 11.5. The number of hydrogen-bond acceptors (Lipinski definition) is 3. The number of carbonyl (C=O) groups is 2. The highest BCUT2D eigenvalue weighted by Gasteiger charge is 2.30. The molecule has 2 fully saturated rings. The summed E-state index contributed by atoms with van der Waals surface area (Å²) in [4.78, 5) is 26.6. The van der Waals surface area contributed by atoms with E-state index in [0.29, 0.717) is 18.6 Å². The SMILES string of the molecule is CC1CCCCN1C(C)CN1CC(=O)NC1=O. The molecule has 0 aromatic carbocycles. The van der Waals surface area contributed by atoms with Gasteiger partial charge in [-0.3, -0.25) is 15.0 Å². The van der Waals surface area contributed by atoms with Crippen LogP contribution in [0.5, 0.6) is 0 Å². The third-order valence-corrected chi connectivity index (χ3v) is 3.77. The number of piperidine rings is 1. The van der Waals surface area contributed by atoms with Crippen LogP contribution >= 0.6 is 0 Å². The first kappa shape index (κ1) is 12.4. The minimum absolute atomic E-state index is 0.186. The van der Waals surface area contributed by atoms with Crippen molar-refractivity contribution in [3.05, 3.63) is 0 Å². The Labute approximate surface area is 102 Å². The van der Waals surface area contributed by atoms with Crippen molar-refractivity contribution < 1.29 is 9.59 Å². The number of rotatable bonds is 3. The largest absolute Gasteiger partial charge is 0.324 e. The molecule has 2 rings (SSSR count). The van der Waals surface area contributed by atoms with E-state index < -0.39 is 0 Å². The van der Waals surface area contributed by atoms with Crippen molar-refractivity contribution in [1.29, 1.82) is 0 Å². The van der Waals surface area contributed by atoms with Gasteiger partial charge in [0.2, 0.25) is 5.91 Å². The van der Waals surface area contributed by atoms with Gasteiger partial charge in [-0.05, 0) is 33.2 Å². The van der Waals surface area contributed by atoms with Crippen LogP contribution in [0.3, 0.4) is 0 Å². The second-order valence-electron chi connectivity index (χ2n) is 5.17. The molecule has 2 heterocycles. The van der Waals surface area contributed by atoms with Gasteiger partial charge in [0.1, 0.15) is 6.54 Å². The molecule has 2 aliphatic heterocycles. The van der Waals surface area contributed by atoms with Crippen molar-refractivity contribution in [1.82, 2.24) is 15.1 Å². The standard InChI is InChI=1S/C12H21N3O2/c1-9-5-3-4-6-15(9)10(2)7-14-8-11(16)13-12(14)17/h9-10H,3-8H2,1-2H3,(H,13,16,17). The monoisotopic (exact) mass is 239 g/mol. The number of likely N-dealkylation sites (tertiary alicyclic amines) is 1. The molecule has 2 aliphatic rings. The van der Waals surface area contributed by atoms with Crippen molar-refractivity contribution in [3.8, 4) is 0 Å². The molecule has 96 valence electrons. The topological polar surface area (TPSA) is 52.6 Å². The fourth-order valence-corrected chi connectivity index (χ4v) is 2.83. The molecule has 0 aromatic rings. The fraction of sp³-hybridized carbons (Fsp3) is 0.833. The predicted molar refractivity (Wildman–Crippen MR) is 64.6 cm³/mol. The van der Waals surface area contributed by atoms with Gasteiger partial charge in [0.05, 0.1) is 0 Å². The van der Waals surface area contributed by atoms with Gasteiger partial charge in [-0.2, -0.15) is 0 Å². The number of hydrogen-bond donors (Lipinski definition) is 1. The molecule has 2 unspecified atom stereocenters. The molecule has 17 heavy (non-hydrogen) atoms. The van der Waals surface area contributed by atoms with Crippen LogP contribution in [0.25, 0.3) is 0 Å². The zero-order valence-corrected chi connectivity index (χ0v) is 10.6. The average molecular weight is 239 g/mol. The number of carbonyl (C=O) groups excluding carboxylic acids is 2. The smallest absolute Gasteiger partial charge is 0.314 e. The van der Waals surface area contributed by atoms with E-state index in [0.717, 1.165) is 6.54 Å². The molecule has 0 saturated carbocycles. The molecular weight excluding hydrogens is 218 g/mol. The Balaban J connectivity index is 1.89. The van der Waals surface area contributed by atoms with Crippen LogP contribution in [0, 0.1) is 0 Å². The maximum Gasteiger partial charge on any atom is 0.324 e. The maximum absolute atomic E-state index is 11.5. The van der Waals surface area contributed by atoms with Crippen molar-refractivity contribution in [2.24, 2.45) is 0 Å². The second kappa shape index (κ2) is 5.04. The molecule has 1 N–H and O–H groups in total. The Bertz CT molecular complexity index is 319. The van der Waals surface area contributed by atoms with Gasteiger partial charge in [0, 0.05) is 18.6 Å². The normalized spacial score (nSPS) is 28.4. The number of nitrogens with one attached hydrogen (secondary N) is 1. The van der Waals surface area contributed by atoms with Gasteiger partial charge in [-0.15, -0.1) is 0 Å². The lowest BCUT2D eigenvalue weighted by molar-refractivity contribution is -0.118. The Hall–Kier alpha value is -1.10. The van der Waals surface area contributed by atoms with E-state index in [-0.39, 0.29) is 18.5 Å². The highest BCUT2D eigenvalue weighted by molar-refractivity contribution is 6.01. The summed E-state index contributed by atoms with van der Waals surface area (Å²) in [7, 11) is 0. The van der Waals surface area contributed by atoms with E-state index >= 15 is 0 Å². The molecule has 0 aromatic heterocycles. The first-order valence-electron chi connectivity index (χ1n) is 6.42. The summed E-state index contributed by atoms with van der Waals surface area (Å²) in [6.07, 6.45) is 3.77. The summed E-state index contributed by atoms with van der Waals surface area (Å²) in [6, 6.07) is 0.661. The van der Waals surface area contributed by atoms with Gasteiger partial charge in [0.25, 0.3) is 0 Å². The quantitative estimate of drug-likeness (QED) is 0.741.